The fourth-order valence-corrected chi connectivity index (χ4v) is 11.8. The first-order valence-corrected chi connectivity index (χ1v) is 23.6. The zero-order chi connectivity index (χ0) is 44.9. The Bertz CT molecular complexity index is 3060. The fourth-order valence-electron chi connectivity index (χ4n) is 11.3. The molecule has 0 heterocycles. The maximum Gasteiger partial charge on any atom is 0.488 e. The fraction of sp³-hybridized carbons (Fsp3) is 0.200. The molecule has 0 saturated carbocycles. The number of rotatable bonds is 2. The number of fused-ring (bicyclic) bond motifs is 12. The molecule has 0 aliphatic heterocycles. The zero-order valence-corrected chi connectivity index (χ0v) is 40.2. The predicted octanol–water partition coefficient (Wildman–Crippen LogP) is 14.2. The predicted molar refractivity (Wildman–Crippen MR) is 278 cm³/mol. The van der Waals surface area contributed by atoms with Crippen LogP contribution in [-0.4, -0.2) is 17.2 Å². The van der Waals surface area contributed by atoms with Crippen molar-refractivity contribution in [3.63, 3.8) is 0 Å². The van der Waals surface area contributed by atoms with Crippen LogP contribution in [0.2, 0.25) is 0 Å². The highest BCUT2D eigenvalue weighted by Crippen LogP contribution is 2.53. The quantitative estimate of drug-likeness (QED) is 0.134. The molecule has 2 nitrogen and oxygen atoms in total. The van der Waals surface area contributed by atoms with E-state index in [9.17, 15) is 10.0 Å². The molecule has 316 valence electrons. The second-order valence-corrected chi connectivity index (χ2v) is 21.3. The largest absolute Gasteiger partial charge is 0.488 e. The minimum atomic E-state index is -1.41. The molecular formula is C60H54BIO2. The smallest absolute Gasteiger partial charge is 0.423 e. The summed E-state index contributed by atoms with van der Waals surface area (Å²) < 4.78 is 1.32. The Kier molecular flexibility index (Phi) is 10.1. The van der Waals surface area contributed by atoms with E-state index in [0.717, 1.165) is 5.56 Å². The van der Waals surface area contributed by atoms with E-state index >= 15 is 0 Å². The van der Waals surface area contributed by atoms with Crippen LogP contribution in [0.3, 0.4) is 0 Å². The maximum absolute atomic E-state index is 9.30. The summed E-state index contributed by atoms with van der Waals surface area (Å²) in [4.78, 5) is 0. The Morgan fingerprint density at radius 1 is 0.312 bits per heavy atom. The molecule has 0 unspecified atom stereocenters. The van der Waals surface area contributed by atoms with Gasteiger partial charge in [-0.25, -0.2) is 0 Å². The van der Waals surface area contributed by atoms with Gasteiger partial charge in [-0.2, -0.15) is 0 Å². The SMILES string of the molecule is CC1(C)c2ccccc2-c2ccc(-c3ccc4c(c3)C(C)(C)c3ccccc3-4)cc21.CC1(C)c2ccccc2-c2ccc(B(O)O)cc21.CC1(C)c2ccccc2-c2ccc(I)cc21. The van der Waals surface area contributed by atoms with E-state index in [1.165, 1.54) is 98.1 Å². The monoisotopic (exact) mass is 944 g/mol. The van der Waals surface area contributed by atoms with Crippen LogP contribution in [0.25, 0.3) is 55.6 Å². The molecule has 64 heavy (non-hydrogen) atoms. The molecule has 0 amide bonds. The van der Waals surface area contributed by atoms with Crippen LogP contribution in [-0.2, 0) is 21.7 Å². The van der Waals surface area contributed by atoms with Crippen LogP contribution in [0.1, 0.15) is 99.9 Å². The lowest BCUT2D eigenvalue weighted by Gasteiger charge is -2.23. The molecule has 0 atom stereocenters. The second-order valence-electron chi connectivity index (χ2n) is 20.1. The molecule has 8 aromatic carbocycles. The first-order chi connectivity index (χ1) is 30.5. The maximum atomic E-state index is 9.30. The van der Waals surface area contributed by atoms with Crippen LogP contribution in [0, 0.1) is 3.57 Å². The molecule has 0 fully saturated rings. The third-order valence-electron chi connectivity index (χ3n) is 15.0. The Labute approximate surface area is 393 Å². The molecule has 0 bridgehead atoms. The molecule has 0 aromatic heterocycles. The minimum absolute atomic E-state index is 0.0359. The van der Waals surface area contributed by atoms with Gasteiger partial charge < -0.3 is 10.0 Å². The van der Waals surface area contributed by atoms with Gasteiger partial charge in [0.1, 0.15) is 0 Å². The highest BCUT2D eigenvalue weighted by molar-refractivity contribution is 14.1. The van der Waals surface area contributed by atoms with Gasteiger partial charge in [-0.1, -0.05) is 201 Å². The van der Waals surface area contributed by atoms with Crippen LogP contribution in [0.4, 0.5) is 0 Å². The van der Waals surface area contributed by atoms with E-state index in [-0.39, 0.29) is 21.7 Å². The van der Waals surface area contributed by atoms with Gasteiger partial charge in [0.15, 0.2) is 0 Å². The Hall–Kier alpha value is -5.53. The van der Waals surface area contributed by atoms with Crippen molar-refractivity contribution >= 4 is 35.2 Å². The summed E-state index contributed by atoms with van der Waals surface area (Å²) in [6.07, 6.45) is 0. The van der Waals surface area contributed by atoms with Crippen molar-refractivity contribution in [1.82, 2.24) is 0 Å². The van der Waals surface area contributed by atoms with Crippen molar-refractivity contribution in [3.05, 3.63) is 218 Å². The third-order valence-corrected chi connectivity index (χ3v) is 15.6. The van der Waals surface area contributed by atoms with Crippen molar-refractivity contribution in [2.45, 2.75) is 77.0 Å². The lowest BCUT2D eigenvalue weighted by molar-refractivity contribution is 0.425. The molecule has 12 rings (SSSR count). The summed E-state index contributed by atoms with van der Waals surface area (Å²) in [7, 11) is -1.41. The molecule has 0 spiro atoms. The normalized spacial score (nSPS) is 15.9. The van der Waals surface area contributed by atoms with E-state index in [1.54, 1.807) is 6.07 Å². The van der Waals surface area contributed by atoms with Gasteiger partial charge in [0.25, 0.3) is 0 Å². The van der Waals surface area contributed by atoms with E-state index in [2.05, 4.69) is 218 Å². The molecule has 0 radical (unpaired) electrons. The molecule has 4 aliphatic carbocycles. The Balaban J connectivity index is 0.000000122. The summed E-state index contributed by atoms with van der Waals surface area (Å²) in [5.41, 5.74) is 25.2. The molecule has 4 heteroatoms. The van der Waals surface area contributed by atoms with E-state index in [4.69, 9.17) is 0 Å². The van der Waals surface area contributed by atoms with Crippen LogP contribution < -0.4 is 5.46 Å². The van der Waals surface area contributed by atoms with Crippen molar-refractivity contribution in [2.75, 3.05) is 0 Å². The first kappa shape index (κ1) is 42.4. The van der Waals surface area contributed by atoms with E-state index in [1.807, 2.05) is 24.3 Å². The highest BCUT2D eigenvalue weighted by atomic mass is 127. The summed E-state index contributed by atoms with van der Waals surface area (Å²) in [6, 6.07) is 61.3. The van der Waals surface area contributed by atoms with Crippen molar-refractivity contribution < 1.29 is 10.0 Å². The van der Waals surface area contributed by atoms with Gasteiger partial charge in [0, 0.05) is 25.2 Å². The Morgan fingerprint density at radius 2 is 0.594 bits per heavy atom. The number of hydrogen-bond donors (Lipinski definition) is 2. The molecular weight excluding hydrogens is 890 g/mol. The summed E-state index contributed by atoms with van der Waals surface area (Å²) in [5.74, 6) is 0. The van der Waals surface area contributed by atoms with E-state index < -0.39 is 7.12 Å². The van der Waals surface area contributed by atoms with Crippen molar-refractivity contribution in [3.8, 4) is 55.6 Å². The number of hydrogen-bond acceptors (Lipinski definition) is 2. The Morgan fingerprint density at radius 3 is 0.953 bits per heavy atom. The van der Waals surface area contributed by atoms with Gasteiger partial charge >= 0.3 is 7.12 Å². The highest BCUT2D eigenvalue weighted by Gasteiger charge is 2.39. The summed E-state index contributed by atoms with van der Waals surface area (Å²) in [6.45, 7) is 18.4. The van der Waals surface area contributed by atoms with E-state index in [0.29, 0.717) is 5.46 Å². The third kappa shape index (κ3) is 6.58. The molecule has 2 N–H and O–H groups in total. The number of halogens is 1. The average Bonchev–Trinajstić information content (AvgIpc) is 3.86. The van der Waals surface area contributed by atoms with Crippen LogP contribution >= 0.6 is 22.6 Å². The average molecular weight is 945 g/mol. The topological polar surface area (TPSA) is 40.5 Å². The lowest BCUT2D eigenvalue weighted by Crippen LogP contribution is -2.31. The van der Waals surface area contributed by atoms with Crippen LogP contribution in [0.5, 0.6) is 0 Å². The molecule has 4 aliphatic rings. The van der Waals surface area contributed by atoms with Gasteiger partial charge in [-0.05, 0) is 152 Å². The lowest BCUT2D eigenvalue weighted by atomic mass is 9.75. The van der Waals surface area contributed by atoms with Gasteiger partial charge in [-0.15, -0.1) is 0 Å². The summed E-state index contributed by atoms with van der Waals surface area (Å²) in [5, 5.41) is 18.6. The molecule has 0 saturated heterocycles. The van der Waals surface area contributed by atoms with Crippen molar-refractivity contribution in [1.29, 1.82) is 0 Å². The van der Waals surface area contributed by atoms with Crippen LogP contribution in [0.15, 0.2) is 170 Å². The number of benzene rings is 8. The standard InChI is InChI=1S/C30H26.C15H15BO2.C15H13I/c1-29(2)25-11-7-5-9-21(25)23-15-13-19(17-27(23)29)20-14-16-24-22-10-6-8-12-26(22)30(3,4)28(24)18-20;1-15(2)13-6-4-3-5-11(13)12-8-7-10(16(17)18)9-14(12)15;1-15(2)13-6-4-3-5-11(13)12-8-7-10(16)9-14(12)15/h5-18H,1-4H3;3-9,17-18H,1-2H3;3-9H,1-2H3. The minimum Gasteiger partial charge on any atom is -0.423 e. The molecule has 8 aromatic rings. The van der Waals surface area contributed by atoms with Crippen molar-refractivity contribution in [2.24, 2.45) is 0 Å². The second kappa shape index (κ2) is 15.3. The van der Waals surface area contributed by atoms with Gasteiger partial charge in [0.2, 0.25) is 0 Å². The zero-order valence-electron chi connectivity index (χ0n) is 38.0. The summed E-state index contributed by atoms with van der Waals surface area (Å²) >= 11 is 2.39. The first-order valence-electron chi connectivity index (χ1n) is 22.5. The van der Waals surface area contributed by atoms with Gasteiger partial charge in [0.05, 0.1) is 0 Å². The van der Waals surface area contributed by atoms with Gasteiger partial charge in [-0.3, -0.25) is 0 Å².